The summed E-state index contributed by atoms with van der Waals surface area (Å²) in [6.07, 6.45) is 1.01. The third-order valence-electron chi connectivity index (χ3n) is 3.66. The van der Waals surface area contributed by atoms with Crippen LogP contribution in [0.1, 0.15) is 29.8 Å². The predicted molar refractivity (Wildman–Crippen MR) is 88.8 cm³/mol. The lowest BCUT2D eigenvalue weighted by Crippen LogP contribution is -2.24. The number of thiophene rings is 1. The highest BCUT2D eigenvalue weighted by molar-refractivity contribution is 7.10. The van der Waals surface area contributed by atoms with Crippen LogP contribution in [0, 0.1) is 0 Å². The molecule has 2 N–H and O–H groups in total. The molecule has 3 aromatic rings. The summed E-state index contributed by atoms with van der Waals surface area (Å²) in [5.74, 6) is 0. The smallest absolute Gasteiger partial charge is 0.252 e. The maximum absolute atomic E-state index is 12.1. The van der Waals surface area contributed by atoms with Crippen molar-refractivity contribution >= 4 is 22.2 Å². The minimum absolute atomic E-state index is 0.0118. The minimum Gasteiger partial charge on any atom is -0.322 e. The first kappa shape index (κ1) is 14.0. The Morgan fingerprint density at radius 1 is 1.24 bits per heavy atom. The third-order valence-corrected chi connectivity index (χ3v) is 4.65. The number of aromatic amines is 1. The zero-order valence-corrected chi connectivity index (χ0v) is 12.7. The molecule has 0 amide bonds. The number of rotatable bonds is 5. The molecule has 0 aliphatic rings. The van der Waals surface area contributed by atoms with Crippen molar-refractivity contribution < 1.29 is 0 Å². The molecular formula is C17H18N2OS. The van der Waals surface area contributed by atoms with Crippen LogP contribution in [0.2, 0.25) is 0 Å². The quantitative estimate of drug-likeness (QED) is 0.752. The van der Waals surface area contributed by atoms with Gasteiger partial charge < -0.3 is 10.3 Å². The molecule has 0 fully saturated rings. The summed E-state index contributed by atoms with van der Waals surface area (Å²) >= 11 is 1.75. The lowest BCUT2D eigenvalue weighted by atomic mass is 10.1. The SMILES string of the molecule is CCC(NCc1cc2ccccc2[nH]c1=O)c1cccs1. The Kier molecular flexibility index (Phi) is 4.18. The maximum atomic E-state index is 12.1. The Morgan fingerprint density at radius 3 is 2.86 bits per heavy atom. The Labute approximate surface area is 127 Å². The van der Waals surface area contributed by atoms with Gasteiger partial charge in [0.1, 0.15) is 0 Å². The maximum Gasteiger partial charge on any atom is 0.252 e. The van der Waals surface area contributed by atoms with E-state index in [4.69, 9.17) is 0 Å². The van der Waals surface area contributed by atoms with Crippen LogP contribution in [0.15, 0.2) is 52.6 Å². The van der Waals surface area contributed by atoms with Crippen LogP contribution in [-0.2, 0) is 6.54 Å². The first-order valence-corrected chi connectivity index (χ1v) is 8.03. The van der Waals surface area contributed by atoms with E-state index < -0.39 is 0 Å². The molecule has 21 heavy (non-hydrogen) atoms. The molecule has 3 nitrogen and oxygen atoms in total. The van der Waals surface area contributed by atoms with Crippen molar-refractivity contribution in [1.82, 2.24) is 10.3 Å². The Bertz CT molecular complexity index is 777. The van der Waals surface area contributed by atoms with Crippen molar-refractivity contribution in [2.45, 2.75) is 25.9 Å². The van der Waals surface area contributed by atoms with Gasteiger partial charge >= 0.3 is 0 Å². The summed E-state index contributed by atoms with van der Waals surface area (Å²) in [5, 5.41) is 6.64. The summed E-state index contributed by atoms with van der Waals surface area (Å²) in [6.45, 7) is 2.73. The number of pyridine rings is 1. The molecule has 3 rings (SSSR count). The summed E-state index contributed by atoms with van der Waals surface area (Å²) in [4.78, 5) is 16.4. The second kappa shape index (κ2) is 6.24. The molecule has 0 aliphatic heterocycles. The van der Waals surface area contributed by atoms with E-state index in [1.807, 2.05) is 30.3 Å². The average Bonchev–Trinajstić information content (AvgIpc) is 3.02. The summed E-state index contributed by atoms with van der Waals surface area (Å²) in [5.41, 5.74) is 1.66. The molecule has 0 saturated carbocycles. The third kappa shape index (κ3) is 3.06. The fourth-order valence-corrected chi connectivity index (χ4v) is 3.38. The van der Waals surface area contributed by atoms with Gasteiger partial charge in [-0.1, -0.05) is 31.2 Å². The van der Waals surface area contributed by atoms with E-state index in [-0.39, 0.29) is 5.56 Å². The van der Waals surface area contributed by atoms with Crippen molar-refractivity contribution in [2.75, 3.05) is 0 Å². The zero-order chi connectivity index (χ0) is 14.7. The molecule has 108 valence electrons. The highest BCUT2D eigenvalue weighted by Crippen LogP contribution is 2.22. The number of fused-ring (bicyclic) bond motifs is 1. The fraction of sp³-hybridized carbons (Fsp3) is 0.235. The second-order valence-corrected chi connectivity index (χ2v) is 6.05. The van der Waals surface area contributed by atoms with Crippen molar-refractivity contribution in [2.24, 2.45) is 0 Å². The van der Waals surface area contributed by atoms with Crippen LogP contribution < -0.4 is 10.9 Å². The minimum atomic E-state index is -0.0118. The molecule has 0 saturated heterocycles. The van der Waals surface area contributed by atoms with Crippen molar-refractivity contribution in [3.8, 4) is 0 Å². The zero-order valence-electron chi connectivity index (χ0n) is 11.9. The van der Waals surface area contributed by atoms with E-state index in [0.29, 0.717) is 12.6 Å². The standard InChI is InChI=1S/C17H18N2OS/c1-2-14(16-8-5-9-21-16)18-11-13-10-12-6-3-4-7-15(12)19-17(13)20/h3-10,14,18H,2,11H2,1H3,(H,19,20). The van der Waals surface area contributed by atoms with Crippen LogP contribution in [0.5, 0.6) is 0 Å². The van der Waals surface area contributed by atoms with Crippen molar-refractivity contribution in [3.05, 3.63) is 68.6 Å². The number of hydrogen-bond acceptors (Lipinski definition) is 3. The molecule has 0 spiro atoms. The van der Waals surface area contributed by atoms with Crippen LogP contribution in [0.4, 0.5) is 0 Å². The van der Waals surface area contributed by atoms with E-state index >= 15 is 0 Å². The summed E-state index contributed by atoms with van der Waals surface area (Å²) < 4.78 is 0. The second-order valence-electron chi connectivity index (χ2n) is 5.07. The molecule has 0 radical (unpaired) electrons. The van der Waals surface area contributed by atoms with E-state index in [1.54, 1.807) is 11.3 Å². The topological polar surface area (TPSA) is 44.9 Å². The Balaban J connectivity index is 1.81. The van der Waals surface area contributed by atoms with Gasteiger partial charge in [0.05, 0.1) is 0 Å². The van der Waals surface area contributed by atoms with E-state index in [9.17, 15) is 4.79 Å². The highest BCUT2D eigenvalue weighted by Gasteiger charge is 2.11. The fourth-order valence-electron chi connectivity index (χ4n) is 2.49. The molecule has 0 aliphatic carbocycles. The number of para-hydroxylation sites is 1. The number of H-pyrrole nitrogens is 1. The van der Waals surface area contributed by atoms with Crippen LogP contribution >= 0.6 is 11.3 Å². The molecule has 1 unspecified atom stereocenters. The monoisotopic (exact) mass is 298 g/mol. The Hall–Kier alpha value is -1.91. The molecule has 4 heteroatoms. The van der Waals surface area contributed by atoms with Crippen molar-refractivity contribution in [3.63, 3.8) is 0 Å². The first-order chi connectivity index (χ1) is 10.3. The lowest BCUT2D eigenvalue weighted by molar-refractivity contribution is 0.525. The predicted octanol–water partition coefficient (Wildman–Crippen LogP) is 3.83. The van der Waals surface area contributed by atoms with Gasteiger partial charge in [0, 0.05) is 28.5 Å². The average molecular weight is 298 g/mol. The normalized spacial score (nSPS) is 12.6. The van der Waals surface area contributed by atoms with Crippen molar-refractivity contribution in [1.29, 1.82) is 0 Å². The Morgan fingerprint density at radius 2 is 2.10 bits per heavy atom. The number of hydrogen-bond donors (Lipinski definition) is 2. The van der Waals surface area contributed by atoms with Gasteiger partial charge in [-0.05, 0) is 35.4 Å². The largest absolute Gasteiger partial charge is 0.322 e. The molecule has 2 heterocycles. The van der Waals surface area contributed by atoms with Crippen LogP contribution in [0.3, 0.4) is 0 Å². The molecule has 0 bridgehead atoms. The lowest BCUT2D eigenvalue weighted by Gasteiger charge is -2.15. The van der Waals surface area contributed by atoms with Gasteiger partial charge in [-0.2, -0.15) is 0 Å². The highest BCUT2D eigenvalue weighted by atomic mass is 32.1. The van der Waals surface area contributed by atoms with E-state index in [1.165, 1.54) is 4.88 Å². The first-order valence-electron chi connectivity index (χ1n) is 7.15. The number of benzene rings is 1. The summed E-state index contributed by atoms with van der Waals surface area (Å²) in [7, 11) is 0. The molecule has 2 aromatic heterocycles. The van der Waals surface area contributed by atoms with Crippen LogP contribution in [-0.4, -0.2) is 4.98 Å². The van der Waals surface area contributed by atoms with Gasteiger partial charge in [-0.3, -0.25) is 4.79 Å². The van der Waals surface area contributed by atoms with Gasteiger partial charge in [-0.25, -0.2) is 0 Å². The van der Waals surface area contributed by atoms with E-state index in [2.05, 4.69) is 34.7 Å². The van der Waals surface area contributed by atoms with E-state index in [0.717, 1.165) is 22.9 Å². The number of nitrogens with one attached hydrogen (secondary N) is 2. The number of aromatic nitrogens is 1. The van der Waals surface area contributed by atoms with Crippen LogP contribution in [0.25, 0.3) is 10.9 Å². The van der Waals surface area contributed by atoms with Gasteiger partial charge in [-0.15, -0.1) is 11.3 Å². The van der Waals surface area contributed by atoms with Gasteiger partial charge in [0.2, 0.25) is 0 Å². The molecule has 1 atom stereocenters. The van der Waals surface area contributed by atoms with Gasteiger partial charge in [0.25, 0.3) is 5.56 Å². The van der Waals surface area contributed by atoms with Gasteiger partial charge in [0.15, 0.2) is 0 Å². The molecule has 1 aromatic carbocycles. The summed E-state index contributed by atoms with van der Waals surface area (Å²) in [6, 6.07) is 14.3. The molecular weight excluding hydrogens is 280 g/mol.